The molecule has 1 aromatic carbocycles. The van der Waals surface area contributed by atoms with Crippen LogP contribution in [0.2, 0.25) is 0 Å². The second-order valence-corrected chi connectivity index (χ2v) is 4.91. The van der Waals surface area contributed by atoms with Gasteiger partial charge >= 0.3 is 0 Å². The predicted molar refractivity (Wildman–Crippen MR) is 64.0 cm³/mol. The highest BCUT2D eigenvalue weighted by molar-refractivity contribution is 5.52. The lowest BCUT2D eigenvalue weighted by Crippen LogP contribution is -2.06. The summed E-state index contributed by atoms with van der Waals surface area (Å²) in [6.07, 6.45) is 0. The molecule has 1 saturated carbocycles. The standard InChI is InChI=1S/C13H19NO2/c1-13(2)10(12(13)14)8-6-5-7-9(15-3)11(8)16-4/h5-7,10,12H,14H2,1-4H3. The third-order valence-electron chi connectivity index (χ3n) is 3.68. The molecule has 1 fully saturated rings. The fourth-order valence-electron chi connectivity index (χ4n) is 2.43. The van der Waals surface area contributed by atoms with Crippen LogP contribution in [-0.2, 0) is 0 Å². The fraction of sp³-hybridized carbons (Fsp3) is 0.538. The average Bonchev–Trinajstić information content (AvgIpc) is 2.77. The fourth-order valence-corrected chi connectivity index (χ4v) is 2.43. The van der Waals surface area contributed by atoms with Gasteiger partial charge in [0.05, 0.1) is 14.2 Å². The molecule has 0 radical (unpaired) electrons. The summed E-state index contributed by atoms with van der Waals surface area (Å²) >= 11 is 0. The Bertz CT molecular complexity index is 401. The second-order valence-electron chi connectivity index (χ2n) is 4.91. The number of benzene rings is 1. The van der Waals surface area contributed by atoms with Gasteiger partial charge in [0.2, 0.25) is 0 Å². The molecule has 16 heavy (non-hydrogen) atoms. The zero-order chi connectivity index (χ0) is 11.9. The maximum Gasteiger partial charge on any atom is 0.164 e. The topological polar surface area (TPSA) is 44.5 Å². The Hall–Kier alpha value is -1.22. The second kappa shape index (κ2) is 3.67. The van der Waals surface area contributed by atoms with Crippen molar-refractivity contribution in [3.63, 3.8) is 0 Å². The lowest BCUT2D eigenvalue weighted by atomic mass is 10.0. The number of hydrogen-bond acceptors (Lipinski definition) is 3. The van der Waals surface area contributed by atoms with Crippen LogP contribution in [0.3, 0.4) is 0 Å². The van der Waals surface area contributed by atoms with E-state index in [9.17, 15) is 0 Å². The molecule has 1 aliphatic rings. The average molecular weight is 221 g/mol. The zero-order valence-corrected chi connectivity index (χ0v) is 10.3. The third-order valence-corrected chi connectivity index (χ3v) is 3.68. The number of para-hydroxylation sites is 1. The quantitative estimate of drug-likeness (QED) is 0.850. The van der Waals surface area contributed by atoms with Crippen molar-refractivity contribution in [3.8, 4) is 11.5 Å². The first kappa shape index (κ1) is 11.3. The molecule has 3 heteroatoms. The van der Waals surface area contributed by atoms with E-state index in [0.29, 0.717) is 5.92 Å². The zero-order valence-electron chi connectivity index (χ0n) is 10.3. The summed E-state index contributed by atoms with van der Waals surface area (Å²) in [6, 6.07) is 6.16. The van der Waals surface area contributed by atoms with Gasteiger partial charge in [0.25, 0.3) is 0 Å². The van der Waals surface area contributed by atoms with E-state index in [-0.39, 0.29) is 11.5 Å². The number of methoxy groups -OCH3 is 2. The van der Waals surface area contributed by atoms with Gasteiger partial charge in [0.15, 0.2) is 11.5 Å². The van der Waals surface area contributed by atoms with Crippen LogP contribution in [0.25, 0.3) is 0 Å². The summed E-state index contributed by atoms with van der Waals surface area (Å²) in [4.78, 5) is 0. The molecular weight excluding hydrogens is 202 g/mol. The normalized spacial score (nSPS) is 26.3. The van der Waals surface area contributed by atoms with Gasteiger partial charge in [-0.3, -0.25) is 0 Å². The first-order chi connectivity index (χ1) is 7.54. The highest BCUT2D eigenvalue weighted by atomic mass is 16.5. The third kappa shape index (κ3) is 1.47. The van der Waals surface area contributed by atoms with Crippen molar-refractivity contribution in [1.82, 2.24) is 0 Å². The van der Waals surface area contributed by atoms with Crippen molar-refractivity contribution in [2.24, 2.45) is 11.1 Å². The van der Waals surface area contributed by atoms with Crippen molar-refractivity contribution < 1.29 is 9.47 Å². The summed E-state index contributed by atoms with van der Waals surface area (Å²) in [5, 5.41) is 0. The Morgan fingerprint density at radius 3 is 2.25 bits per heavy atom. The molecule has 0 spiro atoms. The molecule has 0 aliphatic heterocycles. The van der Waals surface area contributed by atoms with Crippen molar-refractivity contribution in [1.29, 1.82) is 0 Å². The van der Waals surface area contributed by atoms with Crippen LogP contribution < -0.4 is 15.2 Å². The summed E-state index contributed by atoms with van der Waals surface area (Å²) in [5.41, 5.74) is 7.40. The number of rotatable bonds is 3. The molecule has 3 nitrogen and oxygen atoms in total. The molecule has 2 rings (SSSR count). The van der Waals surface area contributed by atoms with Crippen molar-refractivity contribution in [2.75, 3.05) is 14.2 Å². The maximum absolute atomic E-state index is 6.10. The van der Waals surface area contributed by atoms with Gasteiger partial charge in [-0.25, -0.2) is 0 Å². The molecule has 2 N–H and O–H groups in total. The van der Waals surface area contributed by atoms with Gasteiger partial charge in [-0.1, -0.05) is 26.0 Å². The van der Waals surface area contributed by atoms with Gasteiger partial charge in [-0.2, -0.15) is 0 Å². The first-order valence-corrected chi connectivity index (χ1v) is 5.50. The van der Waals surface area contributed by atoms with Crippen molar-refractivity contribution in [3.05, 3.63) is 23.8 Å². The minimum absolute atomic E-state index is 0.152. The van der Waals surface area contributed by atoms with E-state index in [0.717, 1.165) is 17.1 Å². The Balaban J connectivity index is 2.43. The molecule has 0 heterocycles. The van der Waals surface area contributed by atoms with Crippen LogP contribution in [-0.4, -0.2) is 20.3 Å². The number of nitrogens with two attached hydrogens (primary N) is 1. The van der Waals surface area contributed by atoms with Gasteiger partial charge in [-0.15, -0.1) is 0 Å². The molecule has 0 bridgehead atoms. The van der Waals surface area contributed by atoms with Gasteiger partial charge in [-0.05, 0) is 11.5 Å². The Morgan fingerprint density at radius 1 is 1.19 bits per heavy atom. The lowest BCUT2D eigenvalue weighted by molar-refractivity contribution is 0.350. The maximum atomic E-state index is 6.10. The Kier molecular flexibility index (Phi) is 2.58. The monoisotopic (exact) mass is 221 g/mol. The van der Waals surface area contributed by atoms with E-state index in [1.165, 1.54) is 0 Å². The summed E-state index contributed by atoms with van der Waals surface area (Å²) in [6.45, 7) is 4.36. The highest BCUT2D eigenvalue weighted by Crippen LogP contribution is 2.60. The first-order valence-electron chi connectivity index (χ1n) is 5.50. The van der Waals surface area contributed by atoms with Crippen molar-refractivity contribution >= 4 is 0 Å². The number of hydrogen-bond donors (Lipinski definition) is 1. The highest BCUT2D eigenvalue weighted by Gasteiger charge is 2.57. The van der Waals surface area contributed by atoms with Gasteiger partial charge in [0, 0.05) is 17.5 Å². The van der Waals surface area contributed by atoms with Crippen LogP contribution in [0.4, 0.5) is 0 Å². The van der Waals surface area contributed by atoms with Crippen LogP contribution in [0.1, 0.15) is 25.3 Å². The van der Waals surface area contributed by atoms with E-state index in [2.05, 4.69) is 19.9 Å². The number of ether oxygens (including phenoxy) is 2. The molecular formula is C13H19NO2. The molecule has 1 aliphatic carbocycles. The molecule has 0 saturated heterocycles. The molecule has 2 unspecified atom stereocenters. The van der Waals surface area contributed by atoms with Crippen LogP contribution in [0, 0.1) is 5.41 Å². The molecule has 88 valence electrons. The minimum Gasteiger partial charge on any atom is -0.493 e. The molecule has 2 atom stereocenters. The largest absolute Gasteiger partial charge is 0.493 e. The predicted octanol–water partition coefficient (Wildman–Crippen LogP) is 2.15. The summed E-state index contributed by atoms with van der Waals surface area (Å²) < 4.78 is 10.7. The summed E-state index contributed by atoms with van der Waals surface area (Å²) in [5.74, 6) is 1.95. The van der Waals surface area contributed by atoms with Crippen LogP contribution in [0.5, 0.6) is 11.5 Å². The van der Waals surface area contributed by atoms with E-state index in [1.54, 1.807) is 14.2 Å². The van der Waals surface area contributed by atoms with Gasteiger partial charge < -0.3 is 15.2 Å². The van der Waals surface area contributed by atoms with E-state index in [1.807, 2.05) is 12.1 Å². The SMILES string of the molecule is COc1cccc(C2C(N)C2(C)C)c1OC. The lowest BCUT2D eigenvalue weighted by Gasteiger charge is -2.13. The summed E-state index contributed by atoms with van der Waals surface area (Å²) in [7, 11) is 3.32. The van der Waals surface area contributed by atoms with Crippen LogP contribution >= 0.6 is 0 Å². The van der Waals surface area contributed by atoms with Gasteiger partial charge in [0.1, 0.15) is 0 Å². The van der Waals surface area contributed by atoms with E-state index in [4.69, 9.17) is 15.2 Å². The molecule has 0 aromatic heterocycles. The Labute approximate surface area is 96.5 Å². The van der Waals surface area contributed by atoms with E-state index < -0.39 is 0 Å². The van der Waals surface area contributed by atoms with Crippen molar-refractivity contribution in [2.45, 2.75) is 25.8 Å². The van der Waals surface area contributed by atoms with Crippen LogP contribution in [0.15, 0.2) is 18.2 Å². The molecule has 0 amide bonds. The molecule has 1 aromatic rings. The minimum atomic E-state index is 0.152. The smallest absolute Gasteiger partial charge is 0.164 e. The van der Waals surface area contributed by atoms with E-state index >= 15 is 0 Å². The Morgan fingerprint density at radius 2 is 1.81 bits per heavy atom.